The van der Waals surface area contributed by atoms with Crippen LogP contribution < -0.4 is 113 Å². The van der Waals surface area contributed by atoms with Gasteiger partial charge in [-0.05, 0) is 0 Å². The van der Waals surface area contributed by atoms with Crippen molar-refractivity contribution in [1.82, 2.24) is 0 Å². The first kappa shape index (κ1) is 37.1. The van der Waals surface area contributed by atoms with E-state index in [1.165, 1.54) is 0 Å². The van der Waals surface area contributed by atoms with Crippen LogP contribution in [-0.2, 0) is 9.59 Å². The number of rotatable bonds is 10. The summed E-state index contributed by atoms with van der Waals surface area (Å²) in [6.07, 6.45) is -16.2. The standard InChI is InChI=1S/2C6H12O7.2K/c2*7-1-2(8)3(9)4(10)5(11)6(12)13;;/h2*2-5,7-11H,1H2,(H,12,13);;/q;;2*+1/p-2. The van der Waals surface area contributed by atoms with E-state index in [1.807, 2.05) is 0 Å². The van der Waals surface area contributed by atoms with Gasteiger partial charge in [-0.2, -0.15) is 0 Å². The average molecular weight is 468 g/mol. The van der Waals surface area contributed by atoms with Gasteiger partial charge in [0.05, 0.1) is 25.2 Å². The van der Waals surface area contributed by atoms with Gasteiger partial charge in [0.2, 0.25) is 0 Å². The van der Waals surface area contributed by atoms with Crippen molar-refractivity contribution in [2.75, 3.05) is 13.2 Å². The van der Waals surface area contributed by atoms with Crippen LogP contribution in [0.15, 0.2) is 0 Å². The van der Waals surface area contributed by atoms with Crippen molar-refractivity contribution < 1.29 is 174 Å². The molecular weight excluding hydrogens is 446 g/mol. The van der Waals surface area contributed by atoms with Gasteiger partial charge in [0.1, 0.15) is 48.8 Å². The summed E-state index contributed by atoms with van der Waals surface area (Å²) in [6.45, 7) is -1.73. The third-order valence-corrected chi connectivity index (χ3v) is 2.99. The molecule has 0 aliphatic heterocycles. The summed E-state index contributed by atoms with van der Waals surface area (Å²) in [5, 5.41) is 107. The zero-order valence-electron chi connectivity index (χ0n) is 15.1. The molecule has 0 saturated heterocycles. The first-order chi connectivity index (χ1) is 11.8. The summed E-state index contributed by atoms with van der Waals surface area (Å²) >= 11 is 0. The zero-order chi connectivity index (χ0) is 21.2. The van der Waals surface area contributed by atoms with Crippen LogP contribution in [-0.4, -0.2) is 125 Å². The fourth-order valence-corrected chi connectivity index (χ4v) is 1.32. The number of hydrogen-bond donors (Lipinski definition) is 10. The molecule has 8 atom stereocenters. The Kier molecular flexibility index (Phi) is 25.9. The molecule has 0 aromatic carbocycles. The van der Waals surface area contributed by atoms with Crippen molar-refractivity contribution in [2.45, 2.75) is 48.8 Å². The minimum absolute atomic E-state index is 0. The first-order valence-electron chi connectivity index (χ1n) is 6.91. The molecule has 14 nitrogen and oxygen atoms in total. The van der Waals surface area contributed by atoms with Crippen LogP contribution >= 0.6 is 0 Å². The van der Waals surface area contributed by atoms with E-state index < -0.39 is 74.0 Å². The molecule has 0 saturated carbocycles. The van der Waals surface area contributed by atoms with Crippen LogP contribution in [0.25, 0.3) is 0 Å². The van der Waals surface area contributed by atoms with Crippen LogP contribution in [0, 0.1) is 0 Å². The molecule has 0 spiro atoms. The molecule has 16 heteroatoms. The monoisotopic (exact) mass is 468 g/mol. The van der Waals surface area contributed by atoms with E-state index in [-0.39, 0.29) is 103 Å². The molecule has 28 heavy (non-hydrogen) atoms. The normalized spacial score (nSPS) is 18.9. The van der Waals surface area contributed by atoms with E-state index in [1.54, 1.807) is 0 Å². The van der Waals surface area contributed by atoms with Crippen molar-refractivity contribution in [2.24, 2.45) is 0 Å². The summed E-state index contributed by atoms with van der Waals surface area (Å²) < 4.78 is 0. The van der Waals surface area contributed by atoms with Crippen molar-refractivity contribution in [3.05, 3.63) is 0 Å². The van der Waals surface area contributed by atoms with Crippen molar-refractivity contribution in [3.63, 3.8) is 0 Å². The summed E-state index contributed by atoms with van der Waals surface area (Å²) in [7, 11) is 0. The van der Waals surface area contributed by atoms with Crippen LogP contribution in [0.4, 0.5) is 0 Å². The molecule has 0 heterocycles. The van der Waals surface area contributed by atoms with Crippen molar-refractivity contribution in [3.8, 4) is 0 Å². The molecule has 0 aromatic heterocycles. The fourth-order valence-electron chi connectivity index (χ4n) is 1.32. The molecule has 8 unspecified atom stereocenters. The van der Waals surface area contributed by atoms with Crippen LogP contribution in [0.3, 0.4) is 0 Å². The second-order valence-corrected chi connectivity index (χ2v) is 4.99. The van der Waals surface area contributed by atoms with Gasteiger partial charge in [0.25, 0.3) is 0 Å². The van der Waals surface area contributed by atoms with Gasteiger partial charge < -0.3 is 70.9 Å². The minimum atomic E-state index is -2.31. The number of aliphatic carboxylic acids is 2. The molecule has 0 amide bonds. The number of aliphatic hydroxyl groups excluding tert-OH is 10. The number of carbonyl (C=O) groups excluding carboxylic acids is 2. The second kappa shape index (κ2) is 19.5. The second-order valence-electron chi connectivity index (χ2n) is 4.99. The van der Waals surface area contributed by atoms with Gasteiger partial charge in [-0.25, -0.2) is 0 Å². The Bertz CT molecular complexity index is 389. The Labute approximate surface area is 243 Å². The van der Waals surface area contributed by atoms with Gasteiger partial charge in [-0.3, -0.25) is 0 Å². The topological polar surface area (TPSA) is 283 Å². The quantitative estimate of drug-likeness (QED) is 0.133. The maximum atomic E-state index is 9.98. The van der Waals surface area contributed by atoms with Gasteiger partial charge in [0, 0.05) is 0 Å². The summed E-state index contributed by atoms with van der Waals surface area (Å²) in [4.78, 5) is 20.0. The van der Waals surface area contributed by atoms with E-state index in [2.05, 4.69) is 0 Å². The average Bonchev–Trinajstić information content (AvgIpc) is 2.62. The van der Waals surface area contributed by atoms with E-state index in [0.29, 0.717) is 0 Å². The van der Waals surface area contributed by atoms with Gasteiger partial charge in [-0.15, -0.1) is 0 Å². The third kappa shape index (κ3) is 14.0. The molecule has 0 aliphatic rings. The molecule has 0 bridgehead atoms. The molecular formula is C12H22K2O14. The molecule has 0 rings (SSSR count). The Morgan fingerprint density at radius 3 is 0.929 bits per heavy atom. The van der Waals surface area contributed by atoms with Crippen LogP contribution in [0.1, 0.15) is 0 Å². The first-order valence-corrected chi connectivity index (χ1v) is 6.91. The molecule has 10 N–H and O–H groups in total. The Hall–Kier alpha value is 1.81. The largest absolute Gasteiger partial charge is 1.00 e. The SMILES string of the molecule is O=C([O-])C(O)C(O)C(O)C(O)CO.O=C([O-])C(O)C(O)C(O)C(O)CO.[K+].[K+]. The Balaban J connectivity index is -0.000000192. The summed E-state index contributed by atoms with van der Waals surface area (Å²) in [5.74, 6) is -3.95. The zero-order valence-corrected chi connectivity index (χ0v) is 21.4. The number of carbonyl (C=O) groups is 2. The molecule has 0 radical (unpaired) electrons. The minimum Gasteiger partial charge on any atom is -0.547 e. The molecule has 0 aliphatic carbocycles. The number of carboxylic acids is 2. The molecule has 156 valence electrons. The number of hydrogen-bond acceptors (Lipinski definition) is 14. The summed E-state index contributed by atoms with van der Waals surface area (Å²) in [6, 6.07) is 0. The van der Waals surface area contributed by atoms with Gasteiger partial charge >= 0.3 is 103 Å². The van der Waals surface area contributed by atoms with Gasteiger partial charge in [0.15, 0.2) is 0 Å². The maximum absolute atomic E-state index is 9.98. The van der Waals surface area contributed by atoms with Crippen molar-refractivity contribution in [1.29, 1.82) is 0 Å². The fraction of sp³-hybridized carbons (Fsp3) is 0.833. The Morgan fingerprint density at radius 1 is 0.571 bits per heavy atom. The smallest absolute Gasteiger partial charge is 0.547 e. The van der Waals surface area contributed by atoms with E-state index in [4.69, 9.17) is 51.1 Å². The van der Waals surface area contributed by atoms with E-state index in [0.717, 1.165) is 0 Å². The van der Waals surface area contributed by atoms with Crippen LogP contribution in [0.2, 0.25) is 0 Å². The van der Waals surface area contributed by atoms with E-state index >= 15 is 0 Å². The predicted molar refractivity (Wildman–Crippen MR) is 72.2 cm³/mol. The van der Waals surface area contributed by atoms with Crippen LogP contribution in [0.5, 0.6) is 0 Å². The maximum Gasteiger partial charge on any atom is 1.00 e. The molecule has 0 aromatic rings. The molecule has 0 fully saturated rings. The number of carboxylic acid groups (broad SMARTS) is 2. The van der Waals surface area contributed by atoms with E-state index in [9.17, 15) is 19.8 Å². The third-order valence-electron chi connectivity index (χ3n) is 2.99. The Morgan fingerprint density at radius 2 is 0.786 bits per heavy atom. The van der Waals surface area contributed by atoms with Gasteiger partial charge in [-0.1, -0.05) is 0 Å². The predicted octanol–water partition coefficient (Wildman–Crippen LogP) is -15.6. The summed E-state index contributed by atoms with van der Waals surface area (Å²) in [5.41, 5.74) is 0. The van der Waals surface area contributed by atoms with Crippen molar-refractivity contribution >= 4 is 11.9 Å². The number of aliphatic hydroxyl groups is 10.